The van der Waals surface area contributed by atoms with Crippen molar-refractivity contribution in [3.63, 3.8) is 0 Å². The molecule has 1 aromatic rings. The standard InChI is InChI=1S/C14H17N3O2/c1-9-7-10(2)16-13(9)8-15-17-14(19)11-3-5-12(18)6-4-11/h3-5,7-8,12,16,18H,6H2,1-2H3,(H,17,19)/b15-8+. The Kier molecular flexibility index (Phi) is 3.97. The molecule has 0 spiro atoms. The fourth-order valence-corrected chi connectivity index (χ4v) is 1.88. The van der Waals surface area contributed by atoms with Gasteiger partial charge in [-0.1, -0.05) is 18.2 Å². The van der Waals surface area contributed by atoms with E-state index < -0.39 is 6.10 Å². The molecular weight excluding hydrogens is 242 g/mol. The number of amides is 1. The molecule has 1 amide bonds. The smallest absolute Gasteiger partial charge is 0.271 e. The first kappa shape index (κ1) is 13.3. The zero-order chi connectivity index (χ0) is 13.8. The normalized spacial score (nSPS) is 18.7. The Labute approximate surface area is 111 Å². The monoisotopic (exact) mass is 259 g/mol. The fraction of sp³-hybridized carbons (Fsp3) is 0.286. The van der Waals surface area contributed by atoms with Crippen molar-refractivity contribution in [2.75, 3.05) is 0 Å². The highest BCUT2D eigenvalue weighted by atomic mass is 16.3. The quantitative estimate of drug-likeness (QED) is 0.565. The number of aromatic amines is 1. The van der Waals surface area contributed by atoms with Crippen molar-refractivity contribution in [2.45, 2.75) is 26.4 Å². The zero-order valence-corrected chi connectivity index (χ0v) is 11.0. The molecule has 1 unspecified atom stereocenters. The van der Waals surface area contributed by atoms with Crippen LogP contribution in [0.3, 0.4) is 0 Å². The first-order valence-corrected chi connectivity index (χ1v) is 6.12. The number of nitrogens with zero attached hydrogens (tertiary/aromatic N) is 1. The average molecular weight is 259 g/mol. The first-order valence-electron chi connectivity index (χ1n) is 6.12. The lowest BCUT2D eigenvalue weighted by Crippen LogP contribution is -2.21. The number of aliphatic hydroxyl groups excluding tert-OH is 1. The van der Waals surface area contributed by atoms with Crippen LogP contribution in [0.5, 0.6) is 0 Å². The van der Waals surface area contributed by atoms with Gasteiger partial charge in [-0.25, -0.2) is 5.43 Å². The van der Waals surface area contributed by atoms with Gasteiger partial charge in [-0.05, 0) is 31.9 Å². The lowest BCUT2D eigenvalue weighted by atomic mass is 10.1. The van der Waals surface area contributed by atoms with Crippen LogP contribution < -0.4 is 5.43 Å². The second kappa shape index (κ2) is 5.67. The number of aromatic nitrogens is 1. The number of aryl methyl sites for hydroxylation is 2. The van der Waals surface area contributed by atoms with Crippen LogP contribution in [0.2, 0.25) is 0 Å². The third-order valence-electron chi connectivity index (χ3n) is 2.89. The minimum atomic E-state index is -0.496. The molecule has 0 fully saturated rings. The number of hydrogen-bond acceptors (Lipinski definition) is 3. The summed E-state index contributed by atoms with van der Waals surface area (Å²) < 4.78 is 0. The van der Waals surface area contributed by atoms with E-state index in [1.807, 2.05) is 19.9 Å². The van der Waals surface area contributed by atoms with E-state index >= 15 is 0 Å². The number of H-pyrrole nitrogens is 1. The highest BCUT2D eigenvalue weighted by molar-refractivity contribution is 5.96. The van der Waals surface area contributed by atoms with E-state index in [0.29, 0.717) is 12.0 Å². The third kappa shape index (κ3) is 3.42. The second-order valence-corrected chi connectivity index (χ2v) is 4.57. The van der Waals surface area contributed by atoms with Crippen LogP contribution >= 0.6 is 0 Å². The van der Waals surface area contributed by atoms with Gasteiger partial charge in [-0.2, -0.15) is 5.10 Å². The van der Waals surface area contributed by atoms with Gasteiger partial charge in [-0.3, -0.25) is 4.79 Å². The molecule has 5 nitrogen and oxygen atoms in total. The van der Waals surface area contributed by atoms with E-state index in [0.717, 1.165) is 17.0 Å². The number of carbonyl (C=O) groups excluding carboxylic acids is 1. The fourth-order valence-electron chi connectivity index (χ4n) is 1.88. The predicted octanol–water partition coefficient (Wildman–Crippen LogP) is 1.33. The Balaban J connectivity index is 1.94. The zero-order valence-electron chi connectivity index (χ0n) is 11.0. The van der Waals surface area contributed by atoms with Crippen LogP contribution in [-0.4, -0.2) is 28.3 Å². The van der Waals surface area contributed by atoms with Crippen molar-refractivity contribution < 1.29 is 9.90 Å². The lowest BCUT2D eigenvalue weighted by Gasteiger charge is -2.09. The maximum Gasteiger partial charge on any atom is 0.271 e. The Morgan fingerprint density at radius 1 is 1.58 bits per heavy atom. The molecule has 2 rings (SSSR count). The summed E-state index contributed by atoms with van der Waals surface area (Å²) in [6.45, 7) is 3.94. The summed E-state index contributed by atoms with van der Waals surface area (Å²) in [5, 5.41) is 13.2. The number of nitrogens with one attached hydrogen (secondary N) is 2. The van der Waals surface area contributed by atoms with Crippen molar-refractivity contribution in [1.82, 2.24) is 10.4 Å². The molecule has 0 radical (unpaired) electrons. The third-order valence-corrected chi connectivity index (χ3v) is 2.89. The minimum absolute atomic E-state index is 0.277. The number of carbonyl (C=O) groups is 1. The van der Waals surface area contributed by atoms with E-state index in [4.69, 9.17) is 0 Å². The van der Waals surface area contributed by atoms with E-state index in [2.05, 4.69) is 15.5 Å². The molecule has 1 heterocycles. The molecule has 100 valence electrons. The lowest BCUT2D eigenvalue weighted by molar-refractivity contribution is -0.117. The first-order chi connectivity index (χ1) is 9.06. The molecule has 0 saturated carbocycles. The Bertz CT molecular complexity index is 567. The van der Waals surface area contributed by atoms with E-state index in [9.17, 15) is 9.90 Å². The van der Waals surface area contributed by atoms with Gasteiger partial charge >= 0.3 is 0 Å². The summed E-state index contributed by atoms with van der Waals surface area (Å²) in [5.74, 6) is -0.277. The van der Waals surface area contributed by atoms with Crippen LogP contribution in [0.25, 0.3) is 0 Å². The van der Waals surface area contributed by atoms with Crippen LogP contribution in [-0.2, 0) is 4.79 Å². The molecule has 1 aliphatic carbocycles. The number of aliphatic hydroxyl groups is 1. The van der Waals surface area contributed by atoms with Gasteiger partial charge in [0.1, 0.15) is 0 Å². The molecule has 5 heteroatoms. The Morgan fingerprint density at radius 3 is 2.95 bits per heavy atom. The van der Waals surface area contributed by atoms with Gasteiger partial charge in [-0.15, -0.1) is 0 Å². The van der Waals surface area contributed by atoms with Gasteiger partial charge in [0, 0.05) is 11.3 Å². The van der Waals surface area contributed by atoms with Gasteiger partial charge < -0.3 is 10.1 Å². The highest BCUT2D eigenvalue weighted by Gasteiger charge is 2.10. The molecule has 0 aliphatic heterocycles. The summed E-state index contributed by atoms with van der Waals surface area (Å²) in [7, 11) is 0. The molecular formula is C14H17N3O2. The molecule has 0 aromatic carbocycles. The molecule has 3 N–H and O–H groups in total. The van der Waals surface area contributed by atoms with Crippen LogP contribution in [0.15, 0.2) is 35.0 Å². The molecule has 0 saturated heterocycles. The molecule has 0 bridgehead atoms. The maximum atomic E-state index is 11.7. The molecule has 1 aromatic heterocycles. The van der Waals surface area contributed by atoms with Crippen molar-refractivity contribution in [2.24, 2.45) is 5.10 Å². The summed E-state index contributed by atoms with van der Waals surface area (Å²) in [4.78, 5) is 14.9. The molecule has 19 heavy (non-hydrogen) atoms. The second-order valence-electron chi connectivity index (χ2n) is 4.57. The van der Waals surface area contributed by atoms with E-state index in [1.165, 1.54) is 0 Å². The average Bonchev–Trinajstić information content (AvgIpc) is 2.68. The van der Waals surface area contributed by atoms with Gasteiger partial charge in [0.05, 0.1) is 18.0 Å². The minimum Gasteiger partial charge on any atom is -0.389 e. The van der Waals surface area contributed by atoms with Gasteiger partial charge in [0.25, 0.3) is 5.91 Å². The Hall–Kier alpha value is -2.14. The highest BCUT2D eigenvalue weighted by Crippen LogP contribution is 2.10. The van der Waals surface area contributed by atoms with E-state index in [1.54, 1.807) is 24.4 Å². The molecule has 1 atom stereocenters. The topological polar surface area (TPSA) is 77.5 Å². The molecule has 1 aliphatic rings. The van der Waals surface area contributed by atoms with Crippen molar-refractivity contribution in [3.05, 3.63) is 46.8 Å². The summed E-state index contributed by atoms with van der Waals surface area (Å²) in [6.07, 6.45) is 6.43. The van der Waals surface area contributed by atoms with E-state index in [-0.39, 0.29) is 5.91 Å². The van der Waals surface area contributed by atoms with Gasteiger partial charge in [0.15, 0.2) is 0 Å². The number of rotatable bonds is 3. The van der Waals surface area contributed by atoms with Crippen LogP contribution in [0.4, 0.5) is 0 Å². The summed E-state index contributed by atoms with van der Waals surface area (Å²) in [6, 6.07) is 2.01. The van der Waals surface area contributed by atoms with Gasteiger partial charge in [0.2, 0.25) is 0 Å². The van der Waals surface area contributed by atoms with Crippen LogP contribution in [0.1, 0.15) is 23.4 Å². The summed E-state index contributed by atoms with van der Waals surface area (Å²) >= 11 is 0. The summed E-state index contributed by atoms with van der Waals surface area (Å²) in [5.41, 5.74) is 5.99. The van der Waals surface area contributed by atoms with Crippen molar-refractivity contribution in [3.8, 4) is 0 Å². The SMILES string of the molecule is Cc1cc(C)c(/C=N/NC(=O)C2=CCC(O)C=C2)[nH]1. The van der Waals surface area contributed by atoms with Crippen molar-refractivity contribution >= 4 is 12.1 Å². The number of hydrazone groups is 1. The number of hydrogen-bond donors (Lipinski definition) is 3. The predicted molar refractivity (Wildman–Crippen MR) is 73.9 cm³/mol. The Morgan fingerprint density at radius 2 is 2.37 bits per heavy atom. The van der Waals surface area contributed by atoms with Crippen LogP contribution in [0, 0.1) is 13.8 Å². The maximum absolute atomic E-state index is 11.7. The largest absolute Gasteiger partial charge is 0.389 e. The van der Waals surface area contributed by atoms with Crippen molar-refractivity contribution in [1.29, 1.82) is 0 Å².